The zero-order valence-electron chi connectivity index (χ0n) is 10.1. The number of anilines is 1. The molecule has 0 bridgehead atoms. The molecule has 0 saturated heterocycles. The molecule has 19 heavy (non-hydrogen) atoms. The Balaban J connectivity index is 2.04. The summed E-state index contributed by atoms with van der Waals surface area (Å²) in [5.74, 6) is 0.00495. The summed E-state index contributed by atoms with van der Waals surface area (Å²) < 4.78 is 13.9. The van der Waals surface area contributed by atoms with Gasteiger partial charge in [0.25, 0.3) is 0 Å². The van der Waals surface area contributed by atoms with E-state index in [0.717, 1.165) is 15.7 Å². The lowest BCUT2D eigenvalue weighted by Gasteiger charge is -2.06. The summed E-state index contributed by atoms with van der Waals surface area (Å²) in [5, 5.41) is 2.96. The molecule has 0 aliphatic heterocycles. The maximum Gasteiger partial charge on any atom is 0.193 e. The lowest BCUT2D eigenvalue weighted by molar-refractivity contribution is 0.625. The Morgan fingerprint density at radius 3 is 2.68 bits per heavy atom. The number of nitrogens with two attached hydrogens (primary N) is 1. The van der Waals surface area contributed by atoms with Gasteiger partial charge in [0.1, 0.15) is 5.82 Å². The molecular weight excluding hydrogens is 309 g/mol. The van der Waals surface area contributed by atoms with Gasteiger partial charge in [0.05, 0.1) is 6.54 Å². The van der Waals surface area contributed by atoms with Crippen LogP contribution in [0.25, 0.3) is 0 Å². The second-order valence-corrected chi connectivity index (χ2v) is 4.78. The number of hydrogen-bond acceptors (Lipinski definition) is 1. The largest absolute Gasteiger partial charge is 0.370 e. The van der Waals surface area contributed by atoms with Gasteiger partial charge in [-0.3, -0.25) is 0 Å². The normalized spacial score (nSPS) is 11.4. The summed E-state index contributed by atoms with van der Waals surface area (Å²) in [4.78, 5) is 4.18. The summed E-state index contributed by atoms with van der Waals surface area (Å²) in [6.45, 7) is 0.310. The minimum absolute atomic E-state index is 0.289. The Morgan fingerprint density at radius 1 is 1.21 bits per heavy atom. The van der Waals surface area contributed by atoms with Crippen molar-refractivity contribution in [1.29, 1.82) is 0 Å². The molecule has 3 nitrogen and oxygen atoms in total. The van der Waals surface area contributed by atoms with E-state index in [4.69, 9.17) is 5.73 Å². The van der Waals surface area contributed by atoms with Gasteiger partial charge in [0.15, 0.2) is 5.96 Å². The molecule has 0 unspecified atom stereocenters. The monoisotopic (exact) mass is 321 g/mol. The van der Waals surface area contributed by atoms with Crippen LogP contribution in [-0.4, -0.2) is 5.96 Å². The molecule has 5 heteroatoms. The summed E-state index contributed by atoms with van der Waals surface area (Å²) in [6.07, 6.45) is 0. The van der Waals surface area contributed by atoms with Gasteiger partial charge < -0.3 is 11.1 Å². The molecule has 0 spiro atoms. The van der Waals surface area contributed by atoms with Crippen molar-refractivity contribution in [1.82, 2.24) is 0 Å². The number of aliphatic imine (C=N–C) groups is 1. The van der Waals surface area contributed by atoms with Gasteiger partial charge in [-0.15, -0.1) is 0 Å². The van der Waals surface area contributed by atoms with Crippen LogP contribution in [0.1, 0.15) is 5.56 Å². The fourth-order valence-corrected chi connectivity index (χ4v) is 1.92. The van der Waals surface area contributed by atoms with Crippen LogP contribution >= 0.6 is 15.9 Å². The maximum atomic E-state index is 13.1. The van der Waals surface area contributed by atoms with Gasteiger partial charge >= 0.3 is 0 Å². The molecule has 0 radical (unpaired) electrons. The molecule has 2 aromatic carbocycles. The number of guanidine groups is 1. The van der Waals surface area contributed by atoms with Crippen molar-refractivity contribution in [3.8, 4) is 0 Å². The van der Waals surface area contributed by atoms with E-state index in [-0.39, 0.29) is 5.82 Å². The Morgan fingerprint density at radius 2 is 1.95 bits per heavy atom. The first-order chi connectivity index (χ1) is 9.15. The third-order valence-corrected chi connectivity index (χ3v) is 3.25. The lowest BCUT2D eigenvalue weighted by Crippen LogP contribution is -2.22. The van der Waals surface area contributed by atoms with Gasteiger partial charge in [-0.1, -0.05) is 34.1 Å². The van der Waals surface area contributed by atoms with Gasteiger partial charge in [0.2, 0.25) is 0 Å². The molecule has 0 fully saturated rings. The van der Waals surface area contributed by atoms with Crippen molar-refractivity contribution in [2.45, 2.75) is 6.54 Å². The number of nitrogens with zero attached hydrogens (tertiary/aromatic N) is 1. The van der Waals surface area contributed by atoms with E-state index in [9.17, 15) is 4.39 Å². The molecule has 0 aliphatic carbocycles. The molecule has 0 heterocycles. The first-order valence-corrected chi connectivity index (χ1v) is 6.50. The van der Waals surface area contributed by atoms with E-state index in [1.807, 2.05) is 30.3 Å². The average Bonchev–Trinajstić information content (AvgIpc) is 2.41. The number of rotatable bonds is 3. The Kier molecular flexibility index (Phi) is 4.52. The number of benzene rings is 2. The highest BCUT2D eigenvalue weighted by Gasteiger charge is 2.01. The maximum absolute atomic E-state index is 13.1. The first-order valence-electron chi connectivity index (χ1n) is 5.71. The third kappa shape index (κ3) is 4.06. The fourth-order valence-electron chi connectivity index (χ4n) is 1.54. The van der Waals surface area contributed by atoms with Gasteiger partial charge in [-0.25, -0.2) is 9.38 Å². The highest BCUT2D eigenvalue weighted by atomic mass is 79.9. The van der Waals surface area contributed by atoms with Crippen molar-refractivity contribution < 1.29 is 4.39 Å². The number of para-hydroxylation sites is 1. The van der Waals surface area contributed by atoms with E-state index in [0.29, 0.717) is 12.5 Å². The van der Waals surface area contributed by atoms with Crippen LogP contribution in [0.3, 0.4) is 0 Å². The smallest absolute Gasteiger partial charge is 0.193 e. The van der Waals surface area contributed by atoms with E-state index in [1.165, 1.54) is 12.1 Å². The van der Waals surface area contributed by atoms with Gasteiger partial charge in [0, 0.05) is 10.2 Å². The highest BCUT2D eigenvalue weighted by molar-refractivity contribution is 9.10. The molecule has 2 aromatic rings. The SMILES string of the molecule is NC(=NCc1cc(F)ccc1Br)Nc1ccccc1. The van der Waals surface area contributed by atoms with Crippen LogP contribution in [0.15, 0.2) is 58.0 Å². The Labute approximate surface area is 119 Å². The first kappa shape index (κ1) is 13.5. The van der Waals surface area contributed by atoms with Gasteiger partial charge in [-0.2, -0.15) is 0 Å². The summed E-state index contributed by atoms with van der Waals surface area (Å²) in [7, 11) is 0. The molecule has 0 saturated carbocycles. The third-order valence-electron chi connectivity index (χ3n) is 2.47. The fraction of sp³-hybridized carbons (Fsp3) is 0.0714. The molecule has 0 aliphatic rings. The molecule has 0 amide bonds. The number of nitrogens with one attached hydrogen (secondary N) is 1. The van der Waals surface area contributed by atoms with Crippen molar-refractivity contribution in [3.63, 3.8) is 0 Å². The van der Waals surface area contributed by atoms with Crippen molar-refractivity contribution >= 4 is 27.6 Å². The summed E-state index contributed by atoms with van der Waals surface area (Å²) in [5.41, 5.74) is 7.38. The second-order valence-electron chi connectivity index (χ2n) is 3.93. The van der Waals surface area contributed by atoms with Crippen molar-refractivity contribution in [2.24, 2.45) is 10.7 Å². The summed E-state index contributed by atoms with van der Waals surface area (Å²) in [6, 6.07) is 14.0. The number of halogens is 2. The predicted octanol–water partition coefficient (Wildman–Crippen LogP) is 3.52. The molecule has 0 aromatic heterocycles. The molecular formula is C14H13BrFN3. The van der Waals surface area contributed by atoms with E-state index < -0.39 is 0 Å². The van der Waals surface area contributed by atoms with Crippen LogP contribution in [0.5, 0.6) is 0 Å². The minimum Gasteiger partial charge on any atom is -0.370 e. The van der Waals surface area contributed by atoms with Crippen LogP contribution in [0.2, 0.25) is 0 Å². The standard InChI is InChI=1S/C14H13BrFN3/c15-13-7-6-11(16)8-10(13)9-18-14(17)19-12-4-2-1-3-5-12/h1-8H,9H2,(H3,17,18,19). The van der Waals surface area contributed by atoms with Crippen LogP contribution < -0.4 is 11.1 Å². The van der Waals surface area contributed by atoms with Crippen molar-refractivity contribution in [3.05, 3.63) is 64.4 Å². The lowest BCUT2D eigenvalue weighted by atomic mass is 10.2. The predicted molar refractivity (Wildman–Crippen MR) is 79.5 cm³/mol. The van der Waals surface area contributed by atoms with E-state index in [2.05, 4.69) is 26.2 Å². The van der Waals surface area contributed by atoms with Crippen LogP contribution in [-0.2, 0) is 6.54 Å². The van der Waals surface area contributed by atoms with Gasteiger partial charge in [-0.05, 0) is 35.9 Å². The summed E-state index contributed by atoms with van der Waals surface area (Å²) >= 11 is 3.35. The van der Waals surface area contributed by atoms with E-state index >= 15 is 0 Å². The van der Waals surface area contributed by atoms with E-state index in [1.54, 1.807) is 6.07 Å². The Bertz CT molecular complexity index is 584. The second kappa shape index (κ2) is 6.33. The zero-order valence-corrected chi connectivity index (χ0v) is 11.7. The van der Waals surface area contributed by atoms with Crippen LogP contribution in [0, 0.1) is 5.82 Å². The molecule has 3 N–H and O–H groups in total. The van der Waals surface area contributed by atoms with Crippen LogP contribution in [0.4, 0.5) is 10.1 Å². The average molecular weight is 322 g/mol. The molecule has 2 rings (SSSR count). The van der Waals surface area contributed by atoms with Crippen molar-refractivity contribution in [2.75, 3.05) is 5.32 Å². The Hall–Kier alpha value is -1.88. The highest BCUT2D eigenvalue weighted by Crippen LogP contribution is 2.18. The minimum atomic E-state index is -0.289. The zero-order chi connectivity index (χ0) is 13.7. The molecule has 98 valence electrons. The topological polar surface area (TPSA) is 50.4 Å². The quantitative estimate of drug-likeness (QED) is 0.671. The molecule has 0 atom stereocenters. The number of hydrogen-bond donors (Lipinski definition) is 2.